The van der Waals surface area contributed by atoms with Crippen LogP contribution in [0.4, 0.5) is 10.1 Å². The first-order chi connectivity index (χ1) is 11.6. The topological polar surface area (TPSA) is 73.2 Å². The Bertz CT molecular complexity index is 969. The van der Waals surface area contributed by atoms with Gasteiger partial charge in [0.05, 0.1) is 24.3 Å². The highest BCUT2D eigenvalue weighted by Gasteiger charge is 2.09. The number of carbonyl (C=O) groups excluding carboxylic acids is 1. The number of nitrogens with zero attached hydrogens (tertiary/aromatic N) is 2. The molecule has 0 atom stereocenters. The lowest BCUT2D eigenvalue weighted by atomic mass is 10.2. The third kappa shape index (κ3) is 3.24. The smallest absolute Gasteiger partial charge is 0.261 e. The molecule has 0 saturated heterocycles. The number of hydrogen-bond acceptors (Lipinski definition) is 4. The number of hydrogen-bond donors (Lipinski definition) is 1. The molecule has 3 aromatic rings. The Labute approximate surface area is 136 Å². The van der Waals surface area contributed by atoms with Gasteiger partial charge in [-0.25, -0.2) is 9.37 Å². The molecular weight excluding hydrogens is 313 g/mol. The number of fused-ring (bicyclic) bond motifs is 1. The Morgan fingerprint density at radius 2 is 2.12 bits per heavy atom. The van der Waals surface area contributed by atoms with Gasteiger partial charge in [0.25, 0.3) is 5.56 Å². The summed E-state index contributed by atoms with van der Waals surface area (Å²) >= 11 is 0. The van der Waals surface area contributed by atoms with E-state index in [4.69, 9.17) is 4.74 Å². The lowest BCUT2D eigenvalue weighted by Gasteiger charge is -2.09. The number of nitrogens with one attached hydrogen (secondary N) is 1. The Balaban J connectivity index is 1.82. The largest absolute Gasteiger partial charge is 0.497 e. The van der Waals surface area contributed by atoms with Gasteiger partial charge in [0.2, 0.25) is 5.91 Å². The van der Waals surface area contributed by atoms with Crippen molar-refractivity contribution >= 4 is 22.5 Å². The highest BCUT2D eigenvalue weighted by atomic mass is 19.1. The number of anilines is 1. The van der Waals surface area contributed by atoms with E-state index < -0.39 is 17.3 Å². The molecule has 0 unspecified atom stereocenters. The van der Waals surface area contributed by atoms with Gasteiger partial charge < -0.3 is 10.1 Å². The van der Waals surface area contributed by atoms with Crippen LogP contribution in [0.15, 0.2) is 53.6 Å². The number of halogens is 1. The van der Waals surface area contributed by atoms with Crippen molar-refractivity contribution in [3.63, 3.8) is 0 Å². The number of aromatic nitrogens is 2. The summed E-state index contributed by atoms with van der Waals surface area (Å²) in [6.45, 7) is -0.227. The van der Waals surface area contributed by atoms with Gasteiger partial charge in [-0.3, -0.25) is 14.2 Å². The monoisotopic (exact) mass is 327 g/mol. The van der Waals surface area contributed by atoms with Crippen LogP contribution in [0, 0.1) is 5.82 Å². The molecule has 0 radical (unpaired) electrons. The molecule has 1 aromatic heterocycles. The number of carbonyl (C=O) groups is 1. The summed E-state index contributed by atoms with van der Waals surface area (Å²) in [5, 5.41) is 2.80. The molecule has 2 aromatic carbocycles. The molecule has 0 bridgehead atoms. The van der Waals surface area contributed by atoms with E-state index >= 15 is 0 Å². The van der Waals surface area contributed by atoms with Crippen LogP contribution in [0.3, 0.4) is 0 Å². The van der Waals surface area contributed by atoms with Gasteiger partial charge >= 0.3 is 0 Å². The van der Waals surface area contributed by atoms with E-state index in [0.29, 0.717) is 17.0 Å². The minimum Gasteiger partial charge on any atom is -0.497 e. The molecule has 0 aliphatic heterocycles. The molecular formula is C17H14FN3O3. The fourth-order valence-corrected chi connectivity index (χ4v) is 2.30. The molecule has 6 nitrogen and oxygen atoms in total. The van der Waals surface area contributed by atoms with Crippen LogP contribution in [0.1, 0.15) is 0 Å². The van der Waals surface area contributed by atoms with Gasteiger partial charge in [0, 0.05) is 11.8 Å². The molecule has 122 valence electrons. The average Bonchev–Trinajstić information content (AvgIpc) is 2.58. The normalized spacial score (nSPS) is 10.6. The predicted octanol–water partition coefficient (Wildman–Crippen LogP) is 2.18. The molecule has 0 aliphatic rings. The summed E-state index contributed by atoms with van der Waals surface area (Å²) < 4.78 is 19.5. The van der Waals surface area contributed by atoms with Crippen LogP contribution in [-0.2, 0) is 11.3 Å². The number of methoxy groups -OCH3 is 1. The quantitative estimate of drug-likeness (QED) is 0.797. The van der Waals surface area contributed by atoms with Crippen molar-refractivity contribution in [2.24, 2.45) is 0 Å². The second-order valence-corrected chi connectivity index (χ2v) is 5.12. The van der Waals surface area contributed by atoms with Gasteiger partial charge in [-0.2, -0.15) is 0 Å². The van der Waals surface area contributed by atoms with Crippen LogP contribution in [-0.4, -0.2) is 22.6 Å². The fourth-order valence-electron chi connectivity index (χ4n) is 2.30. The zero-order valence-electron chi connectivity index (χ0n) is 12.8. The second-order valence-electron chi connectivity index (χ2n) is 5.12. The van der Waals surface area contributed by atoms with Gasteiger partial charge in [0.15, 0.2) is 0 Å². The summed E-state index contributed by atoms with van der Waals surface area (Å²) in [5.74, 6) is -0.323. The Morgan fingerprint density at radius 3 is 2.92 bits per heavy atom. The molecule has 0 spiro atoms. The minimum atomic E-state index is -0.528. The van der Waals surface area contributed by atoms with E-state index in [2.05, 4.69) is 10.3 Å². The van der Waals surface area contributed by atoms with Crippen molar-refractivity contribution in [1.29, 1.82) is 0 Å². The highest BCUT2D eigenvalue weighted by Crippen LogP contribution is 2.16. The number of ether oxygens (including phenoxy) is 1. The second kappa shape index (κ2) is 6.49. The molecule has 1 N–H and O–H groups in total. The maximum atomic E-state index is 13.3. The molecule has 1 amide bonds. The number of amides is 1. The summed E-state index contributed by atoms with van der Waals surface area (Å²) in [5.41, 5.74) is 0.457. The van der Waals surface area contributed by atoms with Gasteiger partial charge in [-0.1, -0.05) is 6.07 Å². The lowest BCUT2D eigenvalue weighted by molar-refractivity contribution is -0.116. The molecule has 7 heteroatoms. The molecule has 3 rings (SSSR count). The van der Waals surface area contributed by atoms with E-state index in [0.717, 1.165) is 10.6 Å². The highest BCUT2D eigenvalue weighted by molar-refractivity contribution is 5.91. The maximum absolute atomic E-state index is 13.3. The molecule has 0 aliphatic carbocycles. The van der Waals surface area contributed by atoms with Gasteiger partial charge in [-0.05, 0) is 30.3 Å². The molecule has 1 heterocycles. The van der Waals surface area contributed by atoms with Crippen molar-refractivity contribution in [3.8, 4) is 5.75 Å². The van der Waals surface area contributed by atoms with Crippen molar-refractivity contribution in [2.45, 2.75) is 6.54 Å². The number of rotatable bonds is 4. The van der Waals surface area contributed by atoms with Crippen molar-refractivity contribution in [3.05, 3.63) is 65.0 Å². The zero-order chi connectivity index (χ0) is 17.1. The fraction of sp³-hybridized carbons (Fsp3) is 0.118. The van der Waals surface area contributed by atoms with Crippen LogP contribution >= 0.6 is 0 Å². The van der Waals surface area contributed by atoms with Crippen molar-refractivity contribution < 1.29 is 13.9 Å². The van der Waals surface area contributed by atoms with E-state index in [9.17, 15) is 14.0 Å². The predicted molar refractivity (Wildman–Crippen MR) is 87.6 cm³/mol. The van der Waals surface area contributed by atoms with Crippen LogP contribution in [0.25, 0.3) is 10.9 Å². The molecule has 0 fully saturated rings. The zero-order valence-corrected chi connectivity index (χ0v) is 12.8. The van der Waals surface area contributed by atoms with E-state index in [1.165, 1.54) is 25.6 Å². The maximum Gasteiger partial charge on any atom is 0.261 e. The first kappa shape index (κ1) is 15.7. The third-order valence-electron chi connectivity index (χ3n) is 3.45. The SMILES string of the molecule is COc1cccc(NC(=O)Cn2cnc3ccc(F)cc3c2=O)c1. The Morgan fingerprint density at radius 1 is 1.29 bits per heavy atom. The van der Waals surface area contributed by atoms with Gasteiger partial charge in [0.1, 0.15) is 18.1 Å². The van der Waals surface area contributed by atoms with Gasteiger partial charge in [-0.15, -0.1) is 0 Å². The standard InChI is InChI=1S/C17H14FN3O3/c1-24-13-4-2-3-12(8-13)20-16(22)9-21-10-19-15-6-5-11(18)7-14(15)17(21)23/h2-8,10H,9H2,1H3,(H,20,22). The lowest BCUT2D eigenvalue weighted by Crippen LogP contribution is -2.28. The summed E-state index contributed by atoms with van der Waals surface area (Å²) in [6, 6.07) is 10.6. The van der Waals surface area contributed by atoms with Crippen molar-refractivity contribution in [2.75, 3.05) is 12.4 Å². The van der Waals surface area contributed by atoms with Crippen LogP contribution in [0.5, 0.6) is 5.75 Å². The molecule has 24 heavy (non-hydrogen) atoms. The summed E-state index contributed by atoms with van der Waals surface area (Å²) in [6.07, 6.45) is 1.27. The average molecular weight is 327 g/mol. The number of benzene rings is 2. The first-order valence-corrected chi connectivity index (χ1v) is 7.15. The van der Waals surface area contributed by atoms with Crippen molar-refractivity contribution in [1.82, 2.24) is 9.55 Å². The van der Waals surface area contributed by atoms with E-state index in [1.807, 2.05) is 0 Å². The minimum absolute atomic E-state index is 0.131. The molecule has 0 saturated carbocycles. The van der Waals surface area contributed by atoms with Crippen LogP contribution in [0.2, 0.25) is 0 Å². The van der Waals surface area contributed by atoms with E-state index in [-0.39, 0.29) is 11.9 Å². The third-order valence-corrected chi connectivity index (χ3v) is 3.45. The Hall–Kier alpha value is -3.22. The van der Waals surface area contributed by atoms with E-state index in [1.54, 1.807) is 24.3 Å². The Kier molecular flexibility index (Phi) is 4.24. The summed E-state index contributed by atoms with van der Waals surface area (Å²) in [7, 11) is 1.53. The van der Waals surface area contributed by atoms with Crippen LogP contribution < -0.4 is 15.6 Å². The first-order valence-electron chi connectivity index (χ1n) is 7.15. The summed E-state index contributed by atoms with van der Waals surface area (Å²) in [4.78, 5) is 28.5.